The number of nitrogens with two attached hydrogens (primary N) is 1. The fraction of sp³-hybridized carbons (Fsp3) is 0.280. The molecule has 1 unspecified atom stereocenters. The number of rotatable bonds is 8. The molecule has 34 heavy (non-hydrogen) atoms. The average Bonchev–Trinajstić information content (AvgIpc) is 2.82. The summed E-state index contributed by atoms with van der Waals surface area (Å²) in [6, 6.07) is 16.9. The fourth-order valence-corrected chi connectivity index (χ4v) is 3.89. The minimum absolute atomic E-state index is 0.0532. The molecule has 1 atom stereocenters. The van der Waals surface area contributed by atoms with Crippen molar-refractivity contribution in [3.63, 3.8) is 0 Å². The van der Waals surface area contributed by atoms with Gasteiger partial charge in [-0.05, 0) is 66.2 Å². The molecule has 1 aromatic heterocycles. The summed E-state index contributed by atoms with van der Waals surface area (Å²) in [5, 5.41) is 18.9. The van der Waals surface area contributed by atoms with Crippen molar-refractivity contribution < 1.29 is 24.1 Å². The van der Waals surface area contributed by atoms with Gasteiger partial charge in [0.05, 0.1) is 17.9 Å². The van der Waals surface area contributed by atoms with E-state index in [2.05, 4.69) is 9.88 Å². The van der Waals surface area contributed by atoms with E-state index in [1.54, 1.807) is 30.3 Å². The summed E-state index contributed by atoms with van der Waals surface area (Å²) in [6.45, 7) is 3.57. The molecule has 4 N–H and O–H groups in total. The Morgan fingerprint density at radius 3 is 2.18 bits per heavy atom. The molecular formula is C25H27FN4O4. The second kappa shape index (κ2) is 10.7. The molecule has 8 nitrogen and oxygen atoms in total. The van der Waals surface area contributed by atoms with Crippen LogP contribution in [0.15, 0.2) is 60.7 Å². The van der Waals surface area contributed by atoms with Gasteiger partial charge in [0.1, 0.15) is 23.5 Å². The number of piperazine rings is 1. The van der Waals surface area contributed by atoms with Crippen LogP contribution in [0.1, 0.15) is 17.5 Å². The molecule has 2 heterocycles. The first-order valence-corrected chi connectivity index (χ1v) is 11.0. The molecule has 3 aromatic rings. The molecule has 2 aromatic carbocycles. The van der Waals surface area contributed by atoms with Crippen molar-refractivity contribution in [1.29, 1.82) is 0 Å². The van der Waals surface area contributed by atoms with Gasteiger partial charge in [-0.2, -0.15) is 0 Å². The lowest BCUT2D eigenvalue weighted by atomic mass is 10.1. The molecule has 9 heteroatoms. The second-order valence-electron chi connectivity index (χ2n) is 8.26. The normalized spacial score (nSPS) is 15.7. The Balaban J connectivity index is 1.47. The second-order valence-corrected chi connectivity index (χ2v) is 8.26. The molecule has 0 spiro atoms. The van der Waals surface area contributed by atoms with Crippen LogP contribution in [-0.2, 0) is 11.3 Å². The zero-order valence-electron chi connectivity index (χ0n) is 18.6. The molecule has 178 valence electrons. The third kappa shape index (κ3) is 6.36. The van der Waals surface area contributed by atoms with E-state index in [4.69, 9.17) is 15.6 Å². The highest BCUT2D eigenvalue weighted by Crippen LogP contribution is 2.27. The van der Waals surface area contributed by atoms with Gasteiger partial charge in [-0.3, -0.25) is 14.6 Å². The van der Waals surface area contributed by atoms with Gasteiger partial charge in [0.15, 0.2) is 0 Å². The molecule has 0 amide bonds. The number of hydrogen-bond donors (Lipinski definition) is 3. The van der Waals surface area contributed by atoms with Crippen LogP contribution >= 0.6 is 0 Å². The maximum atomic E-state index is 13.1. The summed E-state index contributed by atoms with van der Waals surface area (Å²) >= 11 is 0. The standard InChI is InChI=1S/C25H27FN4O4/c26-19-3-7-21(8-4-19)34-20-5-1-18(2-6-20)22-13-17(14-23(28-22)25(27)33)15-29-9-11-30(12-10-29)16-24(31)32/h1-8,13-14,25,33H,9-12,15-16,27H2,(H,31,32). The number of aliphatic hydroxyl groups is 1. The van der Waals surface area contributed by atoms with Gasteiger partial charge >= 0.3 is 5.97 Å². The van der Waals surface area contributed by atoms with Crippen molar-refractivity contribution in [2.45, 2.75) is 12.8 Å². The van der Waals surface area contributed by atoms with Gasteiger partial charge in [-0.15, -0.1) is 0 Å². The van der Waals surface area contributed by atoms with Gasteiger partial charge in [0.25, 0.3) is 0 Å². The molecule has 4 rings (SSSR count). The SMILES string of the molecule is NC(O)c1cc(CN2CCN(CC(=O)O)CC2)cc(-c2ccc(Oc3ccc(F)cc3)cc2)n1. The Hall–Kier alpha value is -3.37. The molecule has 0 saturated carbocycles. The van der Waals surface area contributed by atoms with Crippen LogP contribution in [0.2, 0.25) is 0 Å². The van der Waals surface area contributed by atoms with E-state index in [1.807, 2.05) is 23.1 Å². The van der Waals surface area contributed by atoms with Gasteiger partial charge in [0, 0.05) is 38.3 Å². The topological polar surface area (TPSA) is 112 Å². The quantitative estimate of drug-likeness (QED) is 0.435. The highest BCUT2D eigenvalue weighted by atomic mass is 19.1. The predicted molar refractivity (Wildman–Crippen MR) is 125 cm³/mol. The van der Waals surface area contributed by atoms with E-state index in [9.17, 15) is 14.3 Å². The van der Waals surface area contributed by atoms with E-state index in [0.29, 0.717) is 42.5 Å². The van der Waals surface area contributed by atoms with Gasteiger partial charge in [-0.25, -0.2) is 9.37 Å². The van der Waals surface area contributed by atoms with Gasteiger partial charge in [0.2, 0.25) is 0 Å². The highest BCUT2D eigenvalue weighted by molar-refractivity contribution is 5.69. The molecule has 1 saturated heterocycles. The molecule has 0 radical (unpaired) electrons. The number of carboxylic acids is 1. The van der Waals surface area contributed by atoms with E-state index in [0.717, 1.165) is 24.2 Å². The number of aliphatic hydroxyl groups excluding tert-OH is 1. The number of pyridine rings is 1. The van der Waals surface area contributed by atoms with Crippen LogP contribution in [-0.4, -0.2) is 63.7 Å². The number of carboxylic acid groups (broad SMARTS) is 1. The largest absolute Gasteiger partial charge is 0.480 e. The number of benzene rings is 2. The smallest absolute Gasteiger partial charge is 0.317 e. The van der Waals surface area contributed by atoms with E-state index in [-0.39, 0.29) is 12.4 Å². The summed E-state index contributed by atoms with van der Waals surface area (Å²) in [5.41, 5.74) is 8.57. The van der Waals surface area contributed by atoms with Crippen LogP contribution < -0.4 is 10.5 Å². The summed E-state index contributed by atoms with van der Waals surface area (Å²) in [4.78, 5) is 19.6. The zero-order valence-corrected chi connectivity index (χ0v) is 18.6. The van der Waals surface area contributed by atoms with Crippen molar-refractivity contribution in [1.82, 2.24) is 14.8 Å². The lowest BCUT2D eigenvalue weighted by Gasteiger charge is -2.33. The molecule has 0 aliphatic carbocycles. The Bertz CT molecular complexity index is 1110. The maximum Gasteiger partial charge on any atom is 0.317 e. The molecule has 1 fully saturated rings. The van der Waals surface area contributed by atoms with Gasteiger partial charge in [-0.1, -0.05) is 0 Å². The number of nitrogens with zero attached hydrogens (tertiary/aromatic N) is 3. The summed E-state index contributed by atoms with van der Waals surface area (Å²) in [5.74, 6) is -0.00679. The van der Waals surface area contributed by atoms with Crippen molar-refractivity contribution >= 4 is 5.97 Å². The van der Waals surface area contributed by atoms with Crippen LogP contribution in [0.25, 0.3) is 11.3 Å². The first-order chi connectivity index (χ1) is 16.4. The predicted octanol–water partition coefficient (Wildman–Crippen LogP) is 2.83. The number of halogens is 1. The van der Waals surface area contributed by atoms with Crippen LogP contribution in [0.4, 0.5) is 4.39 Å². The zero-order chi connectivity index (χ0) is 24.1. The average molecular weight is 467 g/mol. The number of carbonyl (C=O) groups is 1. The number of aliphatic carboxylic acids is 1. The van der Waals surface area contributed by atoms with Crippen molar-refractivity contribution in [3.05, 3.63) is 77.7 Å². The monoisotopic (exact) mass is 466 g/mol. The van der Waals surface area contributed by atoms with Crippen molar-refractivity contribution in [2.24, 2.45) is 5.73 Å². The van der Waals surface area contributed by atoms with Gasteiger partial charge < -0.3 is 20.7 Å². The fourth-order valence-electron chi connectivity index (χ4n) is 3.89. The lowest BCUT2D eigenvalue weighted by Crippen LogP contribution is -2.47. The van der Waals surface area contributed by atoms with E-state index in [1.165, 1.54) is 12.1 Å². The number of aromatic nitrogens is 1. The summed E-state index contributed by atoms with van der Waals surface area (Å²) in [6.07, 6.45) is -1.20. The molecule has 1 aliphatic heterocycles. The Morgan fingerprint density at radius 2 is 1.59 bits per heavy atom. The first-order valence-electron chi connectivity index (χ1n) is 11.0. The molecular weight excluding hydrogens is 439 g/mol. The minimum atomic E-state index is -1.20. The number of ether oxygens (including phenoxy) is 1. The minimum Gasteiger partial charge on any atom is -0.480 e. The van der Waals surface area contributed by atoms with Crippen molar-refractivity contribution in [3.8, 4) is 22.8 Å². The third-order valence-electron chi connectivity index (χ3n) is 5.64. The Labute approximate surface area is 197 Å². The summed E-state index contributed by atoms with van der Waals surface area (Å²) < 4.78 is 18.8. The number of hydrogen-bond acceptors (Lipinski definition) is 7. The lowest BCUT2D eigenvalue weighted by molar-refractivity contribution is -0.138. The van der Waals surface area contributed by atoms with Crippen LogP contribution in [0.5, 0.6) is 11.5 Å². The molecule has 1 aliphatic rings. The maximum absolute atomic E-state index is 13.1. The van der Waals surface area contributed by atoms with Crippen LogP contribution in [0.3, 0.4) is 0 Å². The Morgan fingerprint density at radius 1 is 1.00 bits per heavy atom. The van der Waals surface area contributed by atoms with E-state index >= 15 is 0 Å². The summed E-state index contributed by atoms with van der Waals surface area (Å²) in [7, 11) is 0. The first kappa shape index (κ1) is 23.8. The molecule has 0 bridgehead atoms. The van der Waals surface area contributed by atoms with E-state index < -0.39 is 12.2 Å². The van der Waals surface area contributed by atoms with Crippen LogP contribution in [0, 0.1) is 5.82 Å². The van der Waals surface area contributed by atoms with Crippen molar-refractivity contribution in [2.75, 3.05) is 32.7 Å². The Kier molecular flexibility index (Phi) is 7.49. The highest BCUT2D eigenvalue weighted by Gasteiger charge is 2.19. The third-order valence-corrected chi connectivity index (χ3v) is 5.64.